The molecule has 0 unspecified atom stereocenters. The van der Waals surface area contributed by atoms with Crippen molar-refractivity contribution < 1.29 is 4.79 Å². The van der Waals surface area contributed by atoms with Gasteiger partial charge in [-0.25, -0.2) is 0 Å². The minimum absolute atomic E-state index is 0.144. The summed E-state index contributed by atoms with van der Waals surface area (Å²) < 4.78 is 2.01. The number of nitriles is 1. The van der Waals surface area contributed by atoms with Crippen LogP contribution in [0.4, 0.5) is 5.82 Å². The van der Waals surface area contributed by atoms with Crippen molar-refractivity contribution in [1.29, 1.82) is 5.26 Å². The molecule has 0 saturated heterocycles. The molecule has 154 valence electrons. The molecule has 0 atom stereocenters. The van der Waals surface area contributed by atoms with E-state index in [1.807, 2.05) is 79.1 Å². The third-order valence-electron chi connectivity index (χ3n) is 5.35. The Morgan fingerprint density at radius 1 is 1.10 bits per heavy atom. The lowest BCUT2D eigenvalue weighted by Gasteiger charge is -2.13. The zero-order valence-electron chi connectivity index (χ0n) is 17.4. The molecule has 1 N–H and O–H groups in total. The number of amides is 1. The van der Waals surface area contributed by atoms with Gasteiger partial charge < -0.3 is 9.88 Å². The molecule has 4 aromatic rings. The van der Waals surface area contributed by atoms with E-state index in [4.69, 9.17) is 0 Å². The van der Waals surface area contributed by atoms with Crippen LogP contribution in [0.5, 0.6) is 0 Å². The fraction of sp³-hybridized carbons (Fsp3) is 0.160. The normalized spacial score (nSPS) is 10.7. The van der Waals surface area contributed by atoms with Crippen LogP contribution >= 0.6 is 11.8 Å². The number of rotatable bonds is 6. The van der Waals surface area contributed by atoms with Gasteiger partial charge in [0, 0.05) is 28.7 Å². The Bertz CT molecular complexity index is 1280. The smallest absolute Gasteiger partial charge is 0.235 e. The largest absolute Gasteiger partial charge is 0.326 e. The molecule has 6 heteroatoms. The number of para-hydroxylation sites is 1. The molecule has 0 radical (unpaired) electrons. The molecule has 0 fully saturated rings. The van der Waals surface area contributed by atoms with Gasteiger partial charge in [-0.15, -0.1) is 11.8 Å². The lowest BCUT2D eigenvalue weighted by molar-refractivity contribution is -0.113. The number of carbonyl (C=O) groups excluding carboxylic acids is 1. The van der Waals surface area contributed by atoms with Crippen molar-refractivity contribution in [3.8, 4) is 6.07 Å². The summed E-state index contributed by atoms with van der Waals surface area (Å²) in [5.74, 6) is 0.661. The first-order chi connectivity index (χ1) is 15.1. The molecule has 4 rings (SSSR count). The van der Waals surface area contributed by atoms with Crippen LogP contribution in [0.2, 0.25) is 0 Å². The Balaban J connectivity index is 1.56. The molecule has 2 heterocycles. The van der Waals surface area contributed by atoms with E-state index in [1.165, 1.54) is 11.8 Å². The van der Waals surface area contributed by atoms with Crippen LogP contribution in [-0.4, -0.2) is 21.2 Å². The summed E-state index contributed by atoms with van der Waals surface area (Å²) in [5.41, 5.74) is 4.40. The lowest BCUT2D eigenvalue weighted by Crippen LogP contribution is -2.18. The van der Waals surface area contributed by atoms with Crippen LogP contribution in [0.15, 0.2) is 71.8 Å². The highest BCUT2D eigenvalue weighted by molar-refractivity contribution is 8.00. The van der Waals surface area contributed by atoms with Crippen molar-refractivity contribution in [3.63, 3.8) is 0 Å². The predicted octanol–water partition coefficient (Wildman–Crippen LogP) is 5.30. The van der Waals surface area contributed by atoms with Crippen LogP contribution in [0.25, 0.3) is 10.9 Å². The van der Waals surface area contributed by atoms with Crippen LogP contribution in [0.1, 0.15) is 22.4 Å². The second-order valence-corrected chi connectivity index (χ2v) is 8.30. The maximum absolute atomic E-state index is 12.8. The minimum atomic E-state index is -0.144. The topological polar surface area (TPSA) is 70.7 Å². The third-order valence-corrected chi connectivity index (χ3v) is 6.42. The average Bonchev–Trinajstić information content (AvgIpc) is 3.02. The van der Waals surface area contributed by atoms with Crippen molar-refractivity contribution in [1.82, 2.24) is 9.55 Å². The highest BCUT2D eigenvalue weighted by atomic mass is 32.2. The number of pyridine rings is 1. The van der Waals surface area contributed by atoms with E-state index in [9.17, 15) is 10.1 Å². The second kappa shape index (κ2) is 9.07. The van der Waals surface area contributed by atoms with Gasteiger partial charge in [-0.3, -0.25) is 9.78 Å². The Labute approximate surface area is 185 Å². The Hall–Kier alpha value is -3.56. The molecule has 1 amide bonds. The number of anilines is 1. The van der Waals surface area contributed by atoms with Crippen LogP contribution < -0.4 is 5.32 Å². The van der Waals surface area contributed by atoms with Gasteiger partial charge in [0.2, 0.25) is 5.91 Å². The maximum Gasteiger partial charge on any atom is 0.235 e. The Morgan fingerprint density at radius 2 is 1.84 bits per heavy atom. The number of hydrogen-bond donors (Lipinski definition) is 1. The fourth-order valence-corrected chi connectivity index (χ4v) is 4.44. The van der Waals surface area contributed by atoms with Gasteiger partial charge in [0.1, 0.15) is 11.9 Å². The van der Waals surface area contributed by atoms with Gasteiger partial charge in [0.15, 0.2) is 0 Å². The summed E-state index contributed by atoms with van der Waals surface area (Å²) in [5, 5.41) is 13.7. The Morgan fingerprint density at radius 3 is 2.61 bits per heavy atom. The van der Waals surface area contributed by atoms with E-state index in [0.29, 0.717) is 17.9 Å². The molecule has 0 aliphatic carbocycles. The van der Waals surface area contributed by atoms with Crippen molar-refractivity contribution >= 4 is 34.4 Å². The van der Waals surface area contributed by atoms with Crippen molar-refractivity contribution in [3.05, 3.63) is 89.2 Å². The third kappa shape index (κ3) is 4.32. The van der Waals surface area contributed by atoms with Crippen LogP contribution in [0.3, 0.4) is 0 Å². The number of aromatic nitrogens is 2. The minimum Gasteiger partial charge on any atom is -0.326 e. The summed E-state index contributed by atoms with van der Waals surface area (Å²) in [6.45, 7) is 4.49. The van der Waals surface area contributed by atoms with Crippen molar-refractivity contribution in [2.75, 3.05) is 11.1 Å². The highest BCUT2D eigenvalue weighted by Gasteiger charge is 2.20. The molecule has 2 aromatic carbocycles. The first kappa shape index (κ1) is 20.7. The molecule has 31 heavy (non-hydrogen) atoms. The van der Waals surface area contributed by atoms with Crippen LogP contribution in [0, 0.1) is 25.2 Å². The average molecular weight is 427 g/mol. The standard InChI is InChI=1S/C25H22N4OS/c1-17-18(2)29(15-19-8-4-3-5-9-19)25(21(17)14-26)28-24(30)16-31-23-12-13-27-22-11-7-6-10-20(22)23/h3-13H,15-16H2,1-2H3,(H,28,30). The summed E-state index contributed by atoms with van der Waals surface area (Å²) in [4.78, 5) is 18.2. The highest BCUT2D eigenvalue weighted by Crippen LogP contribution is 2.29. The number of fused-ring (bicyclic) bond motifs is 1. The van der Waals surface area contributed by atoms with E-state index in [2.05, 4.69) is 16.4 Å². The van der Waals surface area contributed by atoms with Gasteiger partial charge in [-0.1, -0.05) is 48.5 Å². The molecule has 0 saturated carbocycles. The summed E-state index contributed by atoms with van der Waals surface area (Å²) >= 11 is 1.47. The van der Waals surface area contributed by atoms with Gasteiger partial charge in [0.25, 0.3) is 0 Å². The van der Waals surface area contributed by atoms with E-state index in [1.54, 1.807) is 6.20 Å². The Kier molecular flexibility index (Phi) is 6.06. The fourth-order valence-electron chi connectivity index (χ4n) is 3.60. The number of thioether (sulfide) groups is 1. The number of benzene rings is 2. The second-order valence-electron chi connectivity index (χ2n) is 7.28. The molecular weight excluding hydrogens is 404 g/mol. The predicted molar refractivity (Wildman–Crippen MR) is 125 cm³/mol. The van der Waals surface area contributed by atoms with Gasteiger partial charge in [0.05, 0.1) is 16.8 Å². The first-order valence-electron chi connectivity index (χ1n) is 9.98. The molecule has 0 aliphatic heterocycles. The molecular formula is C25H22N4OS. The summed E-state index contributed by atoms with van der Waals surface area (Å²) in [6.07, 6.45) is 1.76. The van der Waals surface area contributed by atoms with E-state index < -0.39 is 0 Å². The van der Waals surface area contributed by atoms with Crippen molar-refractivity contribution in [2.24, 2.45) is 0 Å². The van der Waals surface area contributed by atoms with Gasteiger partial charge in [-0.05, 0) is 37.1 Å². The number of nitrogens with zero attached hydrogens (tertiary/aromatic N) is 3. The van der Waals surface area contributed by atoms with E-state index in [0.717, 1.165) is 32.6 Å². The van der Waals surface area contributed by atoms with E-state index >= 15 is 0 Å². The van der Waals surface area contributed by atoms with Crippen molar-refractivity contribution in [2.45, 2.75) is 25.3 Å². The van der Waals surface area contributed by atoms with Crippen LogP contribution in [-0.2, 0) is 11.3 Å². The molecule has 0 spiro atoms. The summed E-state index contributed by atoms with van der Waals surface area (Å²) in [6, 6.07) is 22.1. The lowest BCUT2D eigenvalue weighted by atomic mass is 10.2. The number of nitrogens with one attached hydrogen (secondary N) is 1. The SMILES string of the molecule is Cc1c(C#N)c(NC(=O)CSc2ccnc3ccccc23)n(Cc2ccccc2)c1C. The molecule has 5 nitrogen and oxygen atoms in total. The first-order valence-corrected chi connectivity index (χ1v) is 11.0. The maximum atomic E-state index is 12.8. The zero-order chi connectivity index (χ0) is 21.8. The number of carbonyl (C=O) groups is 1. The van der Waals surface area contributed by atoms with Gasteiger partial charge in [-0.2, -0.15) is 5.26 Å². The number of hydrogen-bond acceptors (Lipinski definition) is 4. The molecule has 0 bridgehead atoms. The molecule has 2 aromatic heterocycles. The van der Waals surface area contributed by atoms with Gasteiger partial charge >= 0.3 is 0 Å². The summed E-state index contributed by atoms with van der Waals surface area (Å²) in [7, 11) is 0. The van der Waals surface area contributed by atoms with E-state index in [-0.39, 0.29) is 11.7 Å². The quantitative estimate of drug-likeness (QED) is 0.425. The zero-order valence-corrected chi connectivity index (χ0v) is 18.2. The molecule has 0 aliphatic rings. The monoisotopic (exact) mass is 426 g/mol.